The van der Waals surface area contributed by atoms with Crippen LogP contribution in [-0.4, -0.2) is 22.6 Å². The molecular weight excluding hydrogens is 136 g/mol. The lowest BCUT2D eigenvalue weighted by molar-refractivity contribution is -0.144. The molecule has 0 spiro atoms. The summed E-state index contributed by atoms with van der Waals surface area (Å²) in [6.07, 6.45) is 3.77. The molecule has 0 aromatic rings. The number of thioether (sulfide) groups is 1. The highest BCUT2D eigenvalue weighted by molar-refractivity contribution is 7.99. The second-order valence-electron chi connectivity index (χ2n) is 2.36. The van der Waals surface area contributed by atoms with Crippen LogP contribution in [0.2, 0.25) is 0 Å². The Hall–Kier alpha value is -0.180. The molecule has 0 amide bonds. The number of hydrogen-bond acceptors (Lipinski definition) is 2. The van der Waals surface area contributed by atoms with Crippen LogP contribution < -0.4 is 0 Å². The molecule has 1 fully saturated rings. The number of carboxylic acid groups (broad SMARTS) is 1. The molecule has 9 heavy (non-hydrogen) atoms. The van der Waals surface area contributed by atoms with Gasteiger partial charge in [0.15, 0.2) is 0 Å². The molecule has 0 aliphatic heterocycles. The van der Waals surface area contributed by atoms with Crippen molar-refractivity contribution in [1.82, 2.24) is 0 Å². The van der Waals surface area contributed by atoms with Gasteiger partial charge in [0.05, 0.1) is 5.92 Å². The summed E-state index contributed by atoms with van der Waals surface area (Å²) in [6, 6.07) is 0. The van der Waals surface area contributed by atoms with Gasteiger partial charge in [-0.15, -0.1) is 0 Å². The molecule has 0 saturated heterocycles. The molecule has 2 nitrogen and oxygen atoms in total. The normalized spacial score (nSPS) is 33.4. The Morgan fingerprint density at radius 1 is 1.67 bits per heavy atom. The summed E-state index contributed by atoms with van der Waals surface area (Å²) < 4.78 is 0. The average molecular weight is 146 g/mol. The van der Waals surface area contributed by atoms with E-state index in [1.807, 2.05) is 6.26 Å². The molecule has 0 bridgehead atoms. The van der Waals surface area contributed by atoms with Gasteiger partial charge in [-0.2, -0.15) is 11.8 Å². The Bertz CT molecular complexity index is 118. The molecule has 1 aliphatic carbocycles. The number of hydrogen-bond donors (Lipinski definition) is 1. The van der Waals surface area contributed by atoms with Gasteiger partial charge in [0.25, 0.3) is 0 Å². The van der Waals surface area contributed by atoms with Gasteiger partial charge >= 0.3 is 5.97 Å². The summed E-state index contributed by atoms with van der Waals surface area (Å²) >= 11 is 1.77. The van der Waals surface area contributed by atoms with Crippen LogP contribution in [-0.2, 0) is 4.79 Å². The van der Waals surface area contributed by atoms with Gasteiger partial charge in [-0.05, 0) is 19.1 Å². The minimum absolute atomic E-state index is 0.0394. The highest BCUT2D eigenvalue weighted by Gasteiger charge is 2.33. The topological polar surface area (TPSA) is 37.3 Å². The summed E-state index contributed by atoms with van der Waals surface area (Å²) in [5.74, 6) is -0.664. The molecular formula is C6H10O2S. The predicted octanol–water partition coefficient (Wildman–Crippen LogP) is 1.21. The van der Waals surface area contributed by atoms with Gasteiger partial charge in [0.2, 0.25) is 0 Å². The van der Waals surface area contributed by atoms with Gasteiger partial charge < -0.3 is 5.11 Å². The smallest absolute Gasteiger partial charge is 0.306 e. The lowest BCUT2D eigenvalue weighted by atomic mass is 9.85. The third-order valence-electron chi connectivity index (χ3n) is 1.78. The summed E-state index contributed by atoms with van der Waals surface area (Å²) in [4.78, 5) is 10.2. The summed E-state index contributed by atoms with van der Waals surface area (Å²) in [7, 11) is 0. The second kappa shape index (κ2) is 2.60. The Labute approximate surface area is 58.6 Å². The van der Waals surface area contributed by atoms with Crippen LogP contribution in [0.1, 0.15) is 12.8 Å². The van der Waals surface area contributed by atoms with Crippen molar-refractivity contribution in [3.8, 4) is 0 Å². The van der Waals surface area contributed by atoms with Crippen molar-refractivity contribution in [2.24, 2.45) is 5.92 Å². The summed E-state index contributed by atoms with van der Waals surface area (Å²) in [5.41, 5.74) is 0. The molecule has 0 heterocycles. The van der Waals surface area contributed by atoms with Crippen LogP contribution in [0, 0.1) is 5.92 Å². The zero-order valence-electron chi connectivity index (χ0n) is 5.33. The molecule has 1 rings (SSSR count). The number of aliphatic carboxylic acids is 1. The fraction of sp³-hybridized carbons (Fsp3) is 0.833. The van der Waals surface area contributed by atoms with E-state index >= 15 is 0 Å². The van der Waals surface area contributed by atoms with E-state index in [2.05, 4.69) is 0 Å². The highest BCUT2D eigenvalue weighted by atomic mass is 32.2. The Morgan fingerprint density at radius 2 is 2.22 bits per heavy atom. The fourth-order valence-corrected chi connectivity index (χ4v) is 1.81. The van der Waals surface area contributed by atoms with Gasteiger partial charge in [-0.3, -0.25) is 4.79 Å². The number of carboxylic acids is 1. The SMILES string of the molecule is CS[C@H]1C[C@@H](C(=O)O)C1. The third-order valence-corrected chi connectivity index (χ3v) is 2.83. The van der Waals surface area contributed by atoms with Crippen molar-refractivity contribution in [3.05, 3.63) is 0 Å². The van der Waals surface area contributed by atoms with Gasteiger partial charge in [0, 0.05) is 5.25 Å². The van der Waals surface area contributed by atoms with Crippen molar-refractivity contribution < 1.29 is 9.90 Å². The van der Waals surface area contributed by atoms with E-state index in [-0.39, 0.29) is 5.92 Å². The fourth-order valence-electron chi connectivity index (χ4n) is 0.960. The van der Waals surface area contributed by atoms with E-state index < -0.39 is 5.97 Å². The van der Waals surface area contributed by atoms with Crippen molar-refractivity contribution in [2.45, 2.75) is 18.1 Å². The average Bonchev–Trinajstić information content (AvgIpc) is 1.61. The van der Waals surface area contributed by atoms with Crippen LogP contribution >= 0.6 is 11.8 Å². The van der Waals surface area contributed by atoms with Gasteiger partial charge in [0.1, 0.15) is 0 Å². The molecule has 0 radical (unpaired) electrons. The molecule has 1 aliphatic rings. The first-order valence-corrected chi connectivity index (χ1v) is 4.28. The largest absolute Gasteiger partial charge is 0.481 e. The summed E-state index contributed by atoms with van der Waals surface area (Å²) in [6.45, 7) is 0. The van der Waals surface area contributed by atoms with Crippen LogP contribution in [0.25, 0.3) is 0 Å². The zero-order chi connectivity index (χ0) is 6.85. The Kier molecular flexibility index (Phi) is 2.01. The van der Waals surface area contributed by atoms with Crippen LogP contribution in [0.4, 0.5) is 0 Å². The van der Waals surface area contributed by atoms with E-state index in [1.54, 1.807) is 11.8 Å². The molecule has 52 valence electrons. The Morgan fingerprint density at radius 3 is 2.56 bits per heavy atom. The quantitative estimate of drug-likeness (QED) is 0.636. The first kappa shape index (κ1) is 6.93. The number of rotatable bonds is 2. The molecule has 0 aromatic carbocycles. The van der Waals surface area contributed by atoms with Crippen molar-refractivity contribution in [2.75, 3.05) is 6.26 Å². The van der Waals surface area contributed by atoms with Gasteiger partial charge in [-0.1, -0.05) is 0 Å². The maximum absolute atomic E-state index is 10.2. The van der Waals surface area contributed by atoms with Crippen molar-refractivity contribution in [1.29, 1.82) is 0 Å². The standard InChI is InChI=1S/C6H10O2S/c1-9-5-2-4(3-5)6(7)8/h4-5H,2-3H2,1H3,(H,7,8)/t4-,5+. The van der Waals surface area contributed by atoms with Gasteiger partial charge in [-0.25, -0.2) is 0 Å². The van der Waals surface area contributed by atoms with Crippen LogP contribution in [0.5, 0.6) is 0 Å². The highest BCUT2D eigenvalue weighted by Crippen LogP contribution is 2.35. The lowest BCUT2D eigenvalue weighted by Crippen LogP contribution is -2.31. The van der Waals surface area contributed by atoms with E-state index in [9.17, 15) is 4.79 Å². The maximum atomic E-state index is 10.2. The van der Waals surface area contributed by atoms with E-state index in [1.165, 1.54) is 0 Å². The second-order valence-corrected chi connectivity index (χ2v) is 3.50. The lowest BCUT2D eigenvalue weighted by Gasteiger charge is -2.30. The van der Waals surface area contributed by atoms with Crippen LogP contribution in [0.15, 0.2) is 0 Å². The van der Waals surface area contributed by atoms with Crippen molar-refractivity contribution in [3.63, 3.8) is 0 Å². The minimum Gasteiger partial charge on any atom is -0.481 e. The minimum atomic E-state index is -0.625. The summed E-state index contributed by atoms with van der Waals surface area (Å²) in [5, 5.41) is 9.05. The molecule has 0 unspecified atom stereocenters. The Balaban J connectivity index is 2.19. The van der Waals surface area contributed by atoms with E-state index in [0.29, 0.717) is 5.25 Å². The van der Waals surface area contributed by atoms with E-state index in [4.69, 9.17) is 5.11 Å². The first-order valence-electron chi connectivity index (χ1n) is 2.99. The first-order chi connectivity index (χ1) is 4.24. The predicted molar refractivity (Wildman–Crippen MR) is 37.7 cm³/mol. The third kappa shape index (κ3) is 1.39. The maximum Gasteiger partial charge on any atom is 0.306 e. The van der Waals surface area contributed by atoms with Crippen LogP contribution in [0.3, 0.4) is 0 Å². The van der Waals surface area contributed by atoms with Crippen molar-refractivity contribution >= 4 is 17.7 Å². The van der Waals surface area contributed by atoms with E-state index in [0.717, 1.165) is 12.8 Å². The zero-order valence-corrected chi connectivity index (χ0v) is 6.15. The molecule has 1 N–H and O–H groups in total. The number of carbonyl (C=O) groups is 1. The molecule has 3 heteroatoms. The monoisotopic (exact) mass is 146 g/mol. The molecule has 0 aromatic heterocycles. The molecule has 1 saturated carbocycles. The molecule has 0 atom stereocenters.